The molecule has 0 bridgehead atoms. The maximum Gasteiger partial charge on any atom is 1.00 e. The zero-order chi connectivity index (χ0) is 35.8. The first-order valence-corrected chi connectivity index (χ1v) is 15.2. The largest absolute Gasteiger partial charge is 1.00 e. The number of alkyl halides is 6. The average molecular weight is 826 g/mol. The third-order valence-corrected chi connectivity index (χ3v) is 7.02. The molecule has 2 aromatic carbocycles. The van der Waals surface area contributed by atoms with Gasteiger partial charge in [-0.25, -0.2) is 29.5 Å². The summed E-state index contributed by atoms with van der Waals surface area (Å²) in [5.74, 6) is -1.52. The molecule has 0 aliphatic heterocycles. The zero-order valence-electron chi connectivity index (χ0n) is 26.6. The molecule has 18 heteroatoms. The summed E-state index contributed by atoms with van der Waals surface area (Å²) in [5.41, 5.74) is 0.393. The molecular formula is C32H25Br2F6LiN4O5. The van der Waals surface area contributed by atoms with Crippen LogP contribution in [-0.2, 0) is 26.7 Å². The number of carbonyl (C=O) groups excluding carboxylic acids is 1. The van der Waals surface area contributed by atoms with Crippen LogP contribution < -0.4 is 18.9 Å². The van der Waals surface area contributed by atoms with E-state index in [0.717, 1.165) is 24.3 Å². The number of aryl methyl sites for hydroxylation is 2. The fourth-order valence-electron chi connectivity index (χ4n) is 3.92. The fourth-order valence-corrected chi connectivity index (χ4v) is 4.50. The Labute approximate surface area is 310 Å². The van der Waals surface area contributed by atoms with E-state index < -0.39 is 35.4 Å². The molecule has 4 rings (SSSR count). The summed E-state index contributed by atoms with van der Waals surface area (Å²) in [6.07, 6.45) is -3.49. The molecule has 0 aliphatic rings. The Morgan fingerprint density at radius 3 is 1.52 bits per heavy atom. The molecule has 4 aromatic rings. The van der Waals surface area contributed by atoms with Gasteiger partial charge in [-0.1, -0.05) is 0 Å². The van der Waals surface area contributed by atoms with Gasteiger partial charge < -0.3 is 15.3 Å². The monoisotopic (exact) mass is 824 g/mol. The molecule has 0 radical (unpaired) electrons. The Bertz CT molecular complexity index is 1890. The van der Waals surface area contributed by atoms with Crippen molar-refractivity contribution < 1.29 is 70.1 Å². The van der Waals surface area contributed by atoms with Gasteiger partial charge in [0, 0.05) is 23.5 Å². The maximum absolute atomic E-state index is 13.0. The quantitative estimate of drug-likeness (QED) is 0.104. The smallest absolute Gasteiger partial charge is 0.870 e. The molecule has 0 amide bonds. The van der Waals surface area contributed by atoms with Gasteiger partial charge in [-0.15, -0.1) is 0 Å². The molecular weight excluding hydrogens is 801 g/mol. The van der Waals surface area contributed by atoms with E-state index >= 15 is 0 Å². The van der Waals surface area contributed by atoms with Crippen LogP contribution in [0.1, 0.15) is 40.6 Å². The van der Waals surface area contributed by atoms with Crippen LogP contribution in [0.3, 0.4) is 0 Å². The van der Waals surface area contributed by atoms with E-state index in [1.54, 1.807) is 26.8 Å². The van der Waals surface area contributed by atoms with Gasteiger partial charge in [0.05, 0.1) is 29.1 Å². The van der Waals surface area contributed by atoms with E-state index in [1.165, 1.54) is 42.7 Å². The normalized spacial score (nSPS) is 11.7. The van der Waals surface area contributed by atoms with Gasteiger partial charge in [0.25, 0.3) is 0 Å². The Kier molecular flexibility index (Phi) is 16.7. The maximum atomic E-state index is 13.0. The number of halogens is 8. The molecule has 260 valence electrons. The average Bonchev–Trinajstić information content (AvgIpc) is 3.00. The van der Waals surface area contributed by atoms with Crippen LogP contribution in [0.15, 0.2) is 69.9 Å². The van der Waals surface area contributed by atoms with Crippen molar-refractivity contribution in [2.24, 2.45) is 0 Å². The number of hydrogen-bond acceptors (Lipinski definition) is 8. The third kappa shape index (κ3) is 13.1. The number of nitrogens with zero attached hydrogens (tertiary/aromatic N) is 4. The summed E-state index contributed by atoms with van der Waals surface area (Å²) in [5, 5.41) is 8.81. The van der Waals surface area contributed by atoms with Gasteiger partial charge >= 0.3 is 43.2 Å². The fraction of sp³-hybridized carbons (Fsp3) is 0.188. The number of ether oxygens (including phenoxy) is 1. The topological polar surface area (TPSA) is 145 Å². The van der Waals surface area contributed by atoms with E-state index in [2.05, 4.69) is 51.8 Å². The molecule has 0 spiro atoms. The molecule has 0 unspecified atom stereocenters. The predicted molar refractivity (Wildman–Crippen MR) is 174 cm³/mol. The number of rotatable bonds is 7. The SMILES string of the molecule is CCOC(=O)/C(Br)=C\c1ccnc(-c2cc(C)cc(C(F)(F)F)c2)n1.Cc1cc(-c2nccc(/C=C(/Br)C(=O)O)n2)cc(C(F)(F)F)c1.[Li+].[OH-]. The van der Waals surface area contributed by atoms with E-state index in [0.29, 0.717) is 16.8 Å². The van der Waals surface area contributed by atoms with Gasteiger partial charge in [0.2, 0.25) is 0 Å². The second kappa shape index (κ2) is 18.9. The van der Waals surface area contributed by atoms with Gasteiger partial charge in [0.15, 0.2) is 11.6 Å². The second-order valence-corrected chi connectivity index (χ2v) is 11.5. The van der Waals surface area contributed by atoms with Crippen molar-refractivity contribution in [3.05, 3.63) is 104 Å². The van der Waals surface area contributed by atoms with Crippen molar-refractivity contribution in [2.45, 2.75) is 33.1 Å². The van der Waals surface area contributed by atoms with Crippen molar-refractivity contribution in [2.75, 3.05) is 6.61 Å². The van der Waals surface area contributed by atoms with E-state index in [9.17, 15) is 35.9 Å². The van der Waals surface area contributed by atoms with Gasteiger partial charge in [-0.3, -0.25) is 0 Å². The van der Waals surface area contributed by atoms with Crippen molar-refractivity contribution in [3.63, 3.8) is 0 Å². The third-order valence-electron chi connectivity index (χ3n) is 5.90. The number of carboxylic acids is 1. The number of aromatic nitrogens is 4. The molecule has 2 N–H and O–H groups in total. The number of carbonyl (C=O) groups is 2. The molecule has 2 heterocycles. The first kappa shape index (κ1) is 44.1. The van der Waals surface area contributed by atoms with Crippen molar-refractivity contribution in [3.8, 4) is 22.8 Å². The Morgan fingerprint density at radius 2 is 1.16 bits per heavy atom. The van der Waals surface area contributed by atoms with Crippen LogP contribution in [0, 0.1) is 13.8 Å². The molecule has 0 atom stereocenters. The summed E-state index contributed by atoms with van der Waals surface area (Å²) in [7, 11) is 0. The van der Waals surface area contributed by atoms with E-state index in [4.69, 9.17) is 9.84 Å². The summed E-state index contributed by atoms with van der Waals surface area (Å²) in [6, 6.07) is 10.1. The Hall–Kier alpha value is -3.88. The Balaban J connectivity index is 0.000000482. The standard InChI is InChI=1S/C17H14BrF3N2O2.C15H10BrF3N2O2.Li.H2O/c1-3-25-16(24)14(18)9-13-4-5-22-15(23-13)11-6-10(2)7-12(8-11)17(19,20)21;1-8-4-9(6-10(5-8)15(17,18)19)13-20-3-2-11(21-13)7-12(16)14(22)23;;/h4-9H,3H2,1-2H3;2-7H,1H3,(H,22,23);;1H2/q;;+1;/p-1/b14-9+;12-7+;;. The number of hydrogen-bond donors (Lipinski definition) is 1. The number of esters is 1. The van der Waals surface area contributed by atoms with Gasteiger partial charge in [-0.05, 0) is 124 Å². The summed E-state index contributed by atoms with van der Waals surface area (Å²) in [4.78, 5) is 38.6. The molecule has 0 fully saturated rings. The van der Waals surface area contributed by atoms with Crippen LogP contribution in [-0.4, -0.2) is 49.1 Å². The van der Waals surface area contributed by atoms with E-state index in [1.807, 2.05) is 0 Å². The summed E-state index contributed by atoms with van der Waals surface area (Å²) >= 11 is 5.95. The summed E-state index contributed by atoms with van der Waals surface area (Å²) in [6.45, 7) is 5.01. The molecule has 0 aliphatic carbocycles. The van der Waals surface area contributed by atoms with Crippen molar-refractivity contribution in [1.82, 2.24) is 19.9 Å². The van der Waals surface area contributed by atoms with E-state index in [-0.39, 0.29) is 68.4 Å². The number of benzene rings is 2. The van der Waals surface area contributed by atoms with Crippen molar-refractivity contribution >= 4 is 56.0 Å². The molecule has 50 heavy (non-hydrogen) atoms. The predicted octanol–water partition coefficient (Wildman–Crippen LogP) is 5.89. The molecule has 9 nitrogen and oxygen atoms in total. The van der Waals surface area contributed by atoms with Gasteiger partial charge in [0.1, 0.15) is 8.96 Å². The van der Waals surface area contributed by atoms with Crippen LogP contribution in [0.25, 0.3) is 34.9 Å². The van der Waals surface area contributed by atoms with Crippen LogP contribution in [0.2, 0.25) is 0 Å². The zero-order valence-corrected chi connectivity index (χ0v) is 29.7. The first-order valence-electron chi connectivity index (χ1n) is 13.6. The molecule has 2 aromatic heterocycles. The second-order valence-electron chi connectivity index (χ2n) is 9.79. The molecule has 0 saturated carbocycles. The molecule has 0 saturated heterocycles. The first-order chi connectivity index (χ1) is 22.4. The van der Waals surface area contributed by atoms with Crippen LogP contribution >= 0.6 is 31.9 Å². The minimum atomic E-state index is -4.47. The minimum absolute atomic E-state index is 0. The van der Waals surface area contributed by atoms with Crippen LogP contribution in [0.5, 0.6) is 0 Å². The van der Waals surface area contributed by atoms with Gasteiger partial charge in [-0.2, -0.15) is 26.3 Å². The number of carboxylic acid groups (broad SMARTS) is 1. The van der Waals surface area contributed by atoms with Crippen molar-refractivity contribution in [1.29, 1.82) is 0 Å². The minimum Gasteiger partial charge on any atom is -0.870 e. The number of aliphatic carboxylic acids is 1. The summed E-state index contributed by atoms with van der Waals surface area (Å²) < 4.78 is 82.4. The Morgan fingerprint density at radius 1 is 0.760 bits per heavy atom. The van der Waals surface area contributed by atoms with Crippen LogP contribution in [0.4, 0.5) is 26.3 Å².